The number of carbonyl (C=O) groups is 1. The van der Waals surface area contributed by atoms with Crippen molar-refractivity contribution in [1.29, 1.82) is 0 Å². The number of hydrogen-bond donors (Lipinski definition) is 2. The summed E-state index contributed by atoms with van der Waals surface area (Å²) in [5.74, 6) is 0.709. The third kappa shape index (κ3) is 3.76. The van der Waals surface area contributed by atoms with Gasteiger partial charge in [0.05, 0.1) is 5.92 Å². The first-order valence-electron chi connectivity index (χ1n) is 7.95. The summed E-state index contributed by atoms with van der Waals surface area (Å²) < 4.78 is 0. The van der Waals surface area contributed by atoms with Gasteiger partial charge in [0.15, 0.2) is 0 Å². The molecule has 1 aliphatic rings. The largest absolute Gasteiger partial charge is 0.368 e. The highest BCUT2D eigenvalue weighted by atomic mass is 35.5. The first-order valence-corrected chi connectivity index (χ1v) is 8.33. The van der Waals surface area contributed by atoms with Gasteiger partial charge in [0, 0.05) is 24.3 Å². The first-order chi connectivity index (χ1) is 11.5. The Labute approximate surface area is 146 Å². The first kappa shape index (κ1) is 16.5. The molecule has 3 N–H and O–H groups in total. The molecule has 0 aliphatic carbocycles. The molecule has 1 aromatic carbocycles. The van der Waals surface area contributed by atoms with Crippen LogP contribution in [0.3, 0.4) is 0 Å². The molecule has 24 heavy (non-hydrogen) atoms. The van der Waals surface area contributed by atoms with Crippen LogP contribution in [0.25, 0.3) is 0 Å². The van der Waals surface area contributed by atoms with Crippen LogP contribution in [0.1, 0.15) is 19.8 Å². The van der Waals surface area contributed by atoms with Crippen LogP contribution in [-0.2, 0) is 4.79 Å². The maximum Gasteiger partial charge on any atom is 0.229 e. The van der Waals surface area contributed by atoms with Crippen molar-refractivity contribution in [3.63, 3.8) is 0 Å². The van der Waals surface area contributed by atoms with E-state index in [1.54, 1.807) is 6.07 Å². The molecule has 0 spiro atoms. The van der Waals surface area contributed by atoms with Crippen LogP contribution >= 0.6 is 11.6 Å². The molecule has 1 saturated heterocycles. The summed E-state index contributed by atoms with van der Waals surface area (Å²) in [7, 11) is 0. The quantitative estimate of drug-likeness (QED) is 0.835. The fourth-order valence-corrected chi connectivity index (χ4v) is 3.16. The standard InChI is InChI=1S/C17H20ClN5O/c1-11-7-8-12(16(24)20-13-5-3-2-4-6-13)10-23(11)15-9-14(18)21-17(19)22-15/h2-6,9,11-12H,7-8,10H2,1H3,(H,20,24)(H2,19,21,22)/t11-,12+/m1/s1. The summed E-state index contributed by atoms with van der Waals surface area (Å²) in [6.45, 7) is 2.68. The van der Waals surface area contributed by atoms with E-state index in [1.807, 2.05) is 30.3 Å². The summed E-state index contributed by atoms with van der Waals surface area (Å²) in [5.41, 5.74) is 6.50. The molecule has 126 valence electrons. The second kappa shape index (κ2) is 7.05. The molecule has 0 unspecified atom stereocenters. The van der Waals surface area contributed by atoms with Gasteiger partial charge in [-0.2, -0.15) is 4.98 Å². The number of para-hydroxylation sites is 1. The molecule has 2 heterocycles. The van der Waals surface area contributed by atoms with Crippen LogP contribution in [0.5, 0.6) is 0 Å². The molecule has 0 bridgehead atoms. The summed E-state index contributed by atoms with van der Waals surface area (Å²) in [4.78, 5) is 22.8. The van der Waals surface area contributed by atoms with Gasteiger partial charge in [-0.3, -0.25) is 4.79 Å². The molecule has 1 fully saturated rings. The summed E-state index contributed by atoms with van der Waals surface area (Å²) in [6, 6.07) is 11.4. The van der Waals surface area contributed by atoms with E-state index < -0.39 is 0 Å². The van der Waals surface area contributed by atoms with Crippen molar-refractivity contribution in [3.8, 4) is 0 Å². The van der Waals surface area contributed by atoms with Gasteiger partial charge in [0.25, 0.3) is 0 Å². The zero-order chi connectivity index (χ0) is 17.1. The Hall–Kier alpha value is -2.34. The molecule has 7 heteroatoms. The number of anilines is 3. The summed E-state index contributed by atoms with van der Waals surface area (Å²) >= 11 is 5.99. The molecule has 3 rings (SSSR count). The van der Waals surface area contributed by atoms with Crippen molar-refractivity contribution < 1.29 is 4.79 Å². The monoisotopic (exact) mass is 345 g/mol. The third-order valence-electron chi connectivity index (χ3n) is 4.29. The number of hydrogen-bond acceptors (Lipinski definition) is 5. The normalized spacial score (nSPS) is 20.7. The van der Waals surface area contributed by atoms with E-state index in [-0.39, 0.29) is 23.8 Å². The highest BCUT2D eigenvalue weighted by Gasteiger charge is 2.31. The highest BCUT2D eigenvalue weighted by molar-refractivity contribution is 6.29. The van der Waals surface area contributed by atoms with Crippen LogP contribution in [0, 0.1) is 5.92 Å². The van der Waals surface area contributed by atoms with Gasteiger partial charge < -0.3 is 16.0 Å². The lowest BCUT2D eigenvalue weighted by Crippen LogP contribution is -2.46. The van der Waals surface area contributed by atoms with Crippen molar-refractivity contribution in [2.24, 2.45) is 5.92 Å². The van der Waals surface area contributed by atoms with Gasteiger partial charge in [0.2, 0.25) is 11.9 Å². The van der Waals surface area contributed by atoms with Gasteiger partial charge in [-0.05, 0) is 31.9 Å². The summed E-state index contributed by atoms with van der Waals surface area (Å²) in [5, 5.41) is 3.28. The minimum Gasteiger partial charge on any atom is -0.368 e. The number of nitrogens with zero attached hydrogens (tertiary/aromatic N) is 3. The van der Waals surface area contributed by atoms with Gasteiger partial charge in [-0.25, -0.2) is 4.98 Å². The Morgan fingerprint density at radius 1 is 1.29 bits per heavy atom. The number of nitrogens with two attached hydrogens (primary N) is 1. The zero-order valence-electron chi connectivity index (χ0n) is 13.4. The lowest BCUT2D eigenvalue weighted by molar-refractivity contribution is -0.120. The van der Waals surface area contributed by atoms with E-state index in [0.29, 0.717) is 17.5 Å². The van der Waals surface area contributed by atoms with E-state index >= 15 is 0 Å². The average molecular weight is 346 g/mol. The molecule has 2 aromatic rings. The smallest absolute Gasteiger partial charge is 0.229 e. The maximum atomic E-state index is 12.6. The number of nitrogen functional groups attached to an aromatic ring is 1. The number of benzene rings is 1. The average Bonchev–Trinajstić information content (AvgIpc) is 2.55. The summed E-state index contributed by atoms with van der Waals surface area (Å²) in [6.07, 6.45) is 1.74. The Bertz CT molecular complexity index is 704. The SMILES string of the molecule is C[C@@H]1CC[C@H](C(=O)Nc2ccccc2)CN1c1cc(Cl)nc(N)n1. The third-order valence-corrected chi connectivity index (χ3v) is 4.48. The lowest BCUT2D eigenvalue weighted by atomic mass is 9.92. The van der Waals surface area contributed by atoms with Crippen LogP contribution in [0.2, 0.25) is 5.15 Å². The van der Waals surface area contributed by atoms with Crippen LogP contribution in [0.4, 0.5) is 17.5 Å². The second-order valence-electron chi connectivity index (χ2n) is 6.04. The number of piperidine rings is 1. The molecule has 1 aromatic heterocycles. The minimum absolute atomic E-state index is 0.0197. The predicted molar refractivity (Wildman–Crippen MR) is 96.1 cm³/mol. The van der Waals surface area contributed by atoms with Gasteiger partial charge in [-0.1, -0.05) is 29.8 Å². The van der Waals surface area contributed by atoms with E-state index in [9.17, 15) is 4.79 Å². The second-order valence-corrected chi connectivity index (χ2v) is 6.43. The van der Waals surface area contributed by atoms with E-state index in [2.05, 4.69) is 27.1 Å². The Morgan fingerprint density at radius 2 is 2.04 bits per heavy atom. The molecular weight excluding hydrogens is 326 g/mol. The van der Waals surface area contributed by atoms with Crippen LogP contribution < -0.4 is 16.0 Å². The molecule has 0 saturated carbocycles. The zero-order valence-corrected chi connectivity index (χ0v) is 14.2. The molecule has 6 nitrogen and oxygen atoms in total. The van der Waals surface area contributed by atoms with Crippen molar-refractivity contribution >= 4 is 35.0 Å². The molecule has 1 amide bonds. The number of amides is 1. The van der Waals surface area contributed by atoms with Crippen LogP contribution in [0.15, 0.2) is 36.4 Å². The number of aromatic nitrogens is 2. The van der Waals surface area contributed by atoms with E-state index in [0.717, 1.165) is 18.5 Å². The fraction of sp³-hybridized carbons (Fsp3) is 0.353. The Balaban J connectivity index is 1.74. The van der Waals surface area contributed by atoms with Crippen LogP contribution in [-0.4, -0.2) is 28.5 Å². The van der Waals surface area contributed by atoms with Crippen molar-refractivity contribution in [2.75, 3.05) is 22.5 Å². The topological polar surface area (TPSA) is 84.1 Å². The van der Waals surface area contributed by atoms with Gasteiger partial charge >= 0.3 is 0 Å². The highest BCUT2D eigenvalue weighted by Crippen LogP contribution is 2.28. The Kier molecular flexibility index (Phi) is 4.85. The van der Waals surface area contributed by atoms with Gasteiger partial charge in [0.1, 0.15) is 11.0 Å². The predicted octanol–water partition coefficient (Wildman–Crippen LogP) is 2.96. The van der Waals surface area contributed by atoms with Crippen molar-refractivity contribution in [2.45, 2.75) is 25.8 Å². The number of nitrogens with one attached hydrogen (secondary N) is 1. The fourth-order valence-electron chi connectivity index (χ4n) is 2.98. The van der Waals surface area contributed by atoms with Crippen molar-refractivity contribution in [3.05, 3.63) is 41.6 Å². The van der Waals surface area contributed by atoms with Crippen molar-refractivity contribution in [1.82, 2.24) is 9.97 Å². The van der Waals surface area contributed by atoms with Gasteiger partial charge in [-0.15, -0.1) is 0 Å². The number of halogens is 1. The molecule has 0 radical (unpaired) electrons. The minimum atomic E-state index is -0.114. The van der Waals surface area contributed by atoms with E-state index in [4.69, 9.17) is 17.3 Å². The number of rotatable bonds is 3. The maximum absolute atomic E-state index is 12.6. The van der Waals surface area contributed by atoms with E-state index in [1.165, 1.54) is 0 Å². The molecule has 2 atom stereocenters. The molecular formula is C17H20ClN5O. The lowest BCUT2D eigenvalue weighted by Gasteiger charge is -2.38. The molecule has 1 aliphatic heterocycles. The Morgan fingerprint density at radius 3 is 2.75 bits per heavy atom. The number of carbonyl (C=O) groups excluding carboxylic acids is 1.